The normalized spacial score (nSPS) is 10.9. The number of aryl methyl sites for hydroxylation is 2. The van der Waals surface area contributed by atoms with Gasteiger partial charge in [0.15, 0.2) is 5.96 Å². The summed E-state index contributed by atoms with van der Waals surface area (Å²) in [4.78, 5) is 4.00. The Morgan fingerprint density at radius 1 is 1.35 bits per heavy atom. The molecule has 96 valence electrons. The Labute approximate surface area is 119 Å². The van der Waals surface area contributed by atoms with Gasteiger partial charge in [0, 0.05) is 12.2 Å². The van der Waals surface area contributed by atoms with Crippen LogP contribution in [-0.4, -0.2) is 19.2 Å². The molecule has 3 nitrogen and oxygen atoms in total. The first-order valence-corrected chi connectivity index (χ1v) is 5.33. The van der Waals surface area contributed by atoms with Crippen molar-refractivity contribution in [3.8, 4) is 0 Å². The minimum absolute atomic E-state index is 0. The van der Waals surface area contributed by atoms with Crippen molar-refractivity contribution in [1.29, 1.82) is 0 Å². The van der Waals surface area contributed by atoms with Gasteiger partial charge < -0.3 is 11.1 Å². The Morgan fingerprint density at radius 3 is 2.65 bits per heavy atom. The van der Waals surface area contributed by atoms with E-state index in [1.54, 1.807) is 0 Å². The molecule has 0 radical (unpaired) electrons. The fraction of sp³-hybridized carbons (Fsp3) is 0.417. The molecule has 0 aliphatic rings. The molecular weight excluding hydrogens is 332 g/mol. The molecule has 0 bridgehead atoms. The Kier molecular flexibility index (Phi) is 7.86. The maximum atomic E-state index is 11.8. The molecule has 0 unspecified atom stereocenters. The number of nitrogens with two attached hydrogens (primary N) is 1. The van der Waals surface area contributed by atoms with Crippen LogP contribution < -0.4 is 11.1 Å². The van der Waals surface area contributed by atoms with Crippen LogP contribution in [0.3, 0.4) is 0 Å². The smallest absolute Gasteiger partial charge is 0.193 e. The van der Waals surface area contributed by atoms with Crippen LogP contribution in [0.15, 0.2) is 23.2 Å². The standard InChI is InChI=1S/C12H18FN3.HI/c1-9-4-5-11(8-10(9)2)16-12(14)15-7-3-6-13;/h4-5,8H,3,6-7H2,1-2H3,(H3,14,15,16);1H. The van der Waals surface area contributed by atoms with Crippen molar-refractivity contribution < 1.29 is 4.39 Å². The Morgan fingerprint density at radius 2 is 2.06 bits per heavy atom. The fourth-order valence-corrected chi connectivity index (χ4v) is 1.27. The van der Waals surface area contributed by atoms with Crippen molar-refractivity contribution in [1.82, 2.24) is 0 Å². The second-order valence-electron chi connectivity index (χ2n) is 3.73. The van der Waals surface area contributed by atoms with Crippen molar-refractivity contribution in [2.75, 3.05) is 18.5 Å². The predicted molar refractivity (Wildman–Crippen MR) is 82.0 cm³/mol. The minimum atomic E-state index is -0.361. The topological polar surface area (TPSA) is 50.4 Å². The predicted octanol–water partition coefficient (Wildman–Crippen LogP) is 3.01. The van der Waals surface area contributed by atoms with E-state index in [1.807, 2.05) is 25.1 Å². The van der Waals surface area contributed by atoms with Crippen molar-refractivity contribution in [2.24, 2.45) is 10.7 Å². The average Bonchev–Trinajstić information content (AvgIpc) is 2.24. The van der Waals surface area contributed by atoms with Crippen LogP contribution in [-0.2, 0) is 0 Å². The summed E-state index contributed by atoms with van der Waals surface area (Å²) in [7, 11) is 0. The number of anilines is 1. The highest BCUT2D eigenvalue weighted by Crippen LogP contribution is 2.13. The third kappa shape index (κ3) is 5.86. The second kappa shape index (κ2) is 8.27. The number of rotatable bonds is 4. The lowest BCUT2D eigenvalue weighted by molar-refractivity contribution is 0.477. The zero-order valence-electron chi connectivity index (χ0n) is 10.2. The summed E-state index contributed by atoms with van der Waals surface area (Å²) in [6.07, 6.45) is 0.412. The third-order valence-corrected chi connectivity index (χ3v) is 2.35. The van der Waals surface area contributed by atoms with Gasteiger partial charge in [-0.2, -0.15) is 0 Å². The van der Waals surface area contributed by atoms with E-state index in [0.717, 1.165) is 5.69 Å². The van der Waals surface area contributed by atoms with Crippen LogP contribution in [0.25, 0.3) is 0 Å². The van der Waals surface area contributed by atoms with E-state index >= 15 is 0 Å². The number of nitrogens with one attached hydrogen (secondary N) is 1. The van der Waals surface area contributed by atoms with Crippen molar-refractivity contribution >= 4 is 35.6 Å². The van der Waals surface area contributed by atoms with Gasteiger partial charge in [0.25, 0.3) is 0 Å². The molecule has 3 N–H and O–H groups in total. The van der Waals surface area contributed by atoms with Crippen molar-refractivity contribution in [3.05, 3.63) is 29.3 Å². The zero-order chi connectivity index (χ0) is 12.0. The van der Waals surface area contributed by atoms with Crippen molar-refractivity contribution in [3.63, 3.8) is 0 Å². The van der Waals surface area contributed by atoms with Gasteiger partial charge in [-0.1, -0.05) is 6.07 Å². The highest BCUT2D eigenvalue weighted by Gasteiger charge is 1.97. The van der Waals surface area contributed by atoms with E-state index < -0.39 is 0 Å². The van der Waals surface area contributed by atoms with Gasteiger partial charge >= 0.3 is 0 Å². The van der Waals surface area contributed by atoms with Crippen LogP contribution >= 0.6 is 24.0 Å². The molecule has 17 heavy (non-hydrogen) atoms. The SMILES string of the molecule is Cc1ccc(NC(N)=NCCCF)cc1C.I. The van der Waals surface area contributed by atoms with E-state index in [9.17, 15) is 4.39 Å². The van der Waals surface area contributed by atoms with E-state index in [1.165, 1.54) is 11.1 Å². The quantitative estimate of drug-likeness (QED) is 0.379. The van der Waals surface area contributed by atoms with Gasteiger partial charge in [0.1, 0.15) is 0 Å². The van der Waals surface area contributed by atoms with Crippen molar-refractivity contribution in [2.45, 2.75) is 20.3 Å². The minimum Gasteiger partial charge on any atom is -0.370 e. The number of hydrogen-bond donors (Lipinski definition) is 2. The number of benzene rings is 1. The summed E-state index contributed by atoms with van der Waals surface area (Å²) >= 11 is 0. The van der Waals surface area contributed by atoms with Gasteiger partial charge in [-0.15, -0.1) is 24.0 Å². The Hall–Kier alpha value is -0.850. The van der Waals surface area contributed by atoms with Gasteiger partial charge in [0.05, 0.1) is 6.67 Å². The van der Waals surface area contributed by atoms with Crippen LogP contribution in [0.2, 0.25) is 0 Å². The van der Waals surface area contributed by atoms with E-state index in [0.29, 0.717) is 18.9 Å². The number of guanidine groups is 1. The molecule has 5 heteroatoms. The number of hydrogen-bond acceptors (Lipinski definition) is 1. The highest BCUT2D eigenvalue weighted by molar-refractivity contribution is 14.0. The molecular formula is C12H19FIN3. The summed E-state index contributed by atoms with van der Waals surface area (Å²) in [5, 5.41) is 2.97. The largest absolute Gasteiger partial charge is 0.370 e. The number of nitrogens with zero attached hydrogens (tertiary/aromatic N) is 1. The second-order valence-corrected chi connectivity index (χ2v) is 3.73. The first kappa shape index (κ1) is 16.1. The summed E-state index contributed by atoms with van der Waals surface area (Å²) < 4.78 is 11.8. The van der Waals surface area contributed by atoms with Gasteiger partial charge in [-0.3, -0.25) is 9.38 Å². The zero-order valence-corrected chi connectivity index (χ0v) is 12.5. The molecule has 0 saturated heterocycles. The van der Waals surface area contributed by atoms with Crippen LogP contribution in [0.1, 0.15) is 17.5 Å². The molecule has 0 saturated carbocycles. The fourth-order valence-electron chi connectivity index (χ4n) is 1.27. The number of halogens is 2. The summed E-state index contributed by atoms with van der Waals surface area (Å²) in [5.41, 5.74) is 8.99. The lowest BCUT2D eigenvalue weighted by atomic mass is 10.1. The molecule has 0 fully saturated rings. The monoisotopic (exact) mass is 351 g/mol. The van der Waals surface area contributed by atoms with Gasteiger partial charge in [-0.25, -0.2) is 0 Å². The maximum Gasteiger partial charge on any atom is 0.193 e. The Balaban J connectivity index is 0.00000256. The van der Waals surface area contributed by atoms with E-state index in [-0.39, 0.29) is 30.7 Å². The summed E-state index contributed by atoms with van der Waals surface area (Å²) in [6.45, 7) is 4.15. The molecule has 0 aliphatic heterocycles. The van der Waals surface area contributed by atoms with E-state index in [4.69, 9.17) is 5.73 Å². The average molecular weight is 351 g/mol. The molecule has 0 spiro atoms. The van der Waals surface area contributed by atoms with Crippen LogP contribution in [0.5, 0.6) is 0 Å². The molecule has 0 atom stereocenters. The Bertz CT molecular complexity index is 380. The van der Waals surface area contributed by atoms with Crippen LogP contribution in [0.4, 0.5) is 10.1 Å². The number of alkyl halides is 1. The molecule has 1 aromatic carbocycles. The first-order chi connectivity index (χ1) is 7.63. The van der Waals surface area contributed by atoms with Crippen LogP contribution in [0, 0.1) is 13.8 Å². The first-order valence-electron chi connectivity index (χ1n) is 5.33. The third-order valence-electron chi connectivity index (χ3n) is 2.35. The molecule has 1 rings (SSSR count). The number of aliphatic imine (C=N–C) groups is 1. The maximum absolute atomic E-state index is 11.8. The van der Waals surface area contributed by atoms with Gasteiger partial charge in [-0.05, 0) is 43.5 Å². The lowest BCUT2D eigenvalue weighted by Gasteiger charge is -2.07. The van der Waals surface area contributed by atoms with E-state index in [2.05, 4.69) is 17.2 Å². The summed E-state index contributed by atoms with van der Waals surface area (Å²) in [5.74, 6) is 0.330. The molecule has 0 aliphatic carbocycles. The molecule has 1 aromatic rings. The summed E-state index contributed by atoms with van der Waals surface area (Å²) in [6, 6.07) is 5.97. The lowest BCUT2D eigenvalue weighted by Crippen LogP contribution is -2.23. The van der Waals surface area contributed by atoms with Gasteiger partial charge in [0.2, 0.25) is 0 Å². The molecule has 0 aromatic heterocycles. The molecule has 0 amide bonds. The highest BCUT2D eigenvalue weighted by atomic mass is 127. The molecule has 0 heterocycles.